The minimum absolute atomic E-state index is 0.187. The van der Waals surface area contributed by atoms with Gasteiger partial charge in [-0.1, -0.05) is 30.3 Å². The van der Waals surface area contributed by atoms with E-state index in [1.807, 2.05) is 24.4 Å². The number of carbonyl (C=O) groups excluding carboxylic acids is 2. The van der Waals surface area contributed by atoms with E-state index in [9.17, 15) is 9.59 Å². The van der Waals surface area contributed by atoms with E-state index in [4.69, 9.17) is 0 Å². The molecule has 0 radical (unpaired) electrons. The number of likely N-dealkylation sites (tertiary alicyclic amines) is 1. The first-order valence-electron chi connectivity index (χ1n) is 8.01. The van der Waals surface area contributed by atoms with E-state index in [1.54, 1.807) is 11.3 Å². The molecule has 0 unspecified atom stereocenters. The minimum atomic E-state index is -0.703. The summed E-state index contributed by atoms with van der Waals surface area (Å²) in [5.74, 6) is -0.187. The second-order valence-electron chi connectivity index (χ2n) is 6.25. The van der Waals surface area contributed by atoms with Gasteiger partial charge in [-0.3, -0.25) is 15.0 Å². The SMILES string of the molecule is O=C1NC(=O)C2(CCN(Cc3ncc(-c4ccccc4)s3)CC2)N1. The molecule has 2 saturated heterocycles. The molecular formula is C17H18N4O2S. The van der Waals surface area contributed by atoms with Crippen molar-refractivity contribution >= 4 is 23.3 Å². The molecular weight excluding hydrogens is 324 g/mol. The van der Waals surface area contributed by atoms with Crippen molar-refractivity contribution in [1.82, 2.24) is 20.5 Å². The lowest BCUT2D eigenvalue weighted by Gasteiger charge is -2.36. The molecule has 1 aromatic carbocycles. The first-order chi connectivity index (χ1) is 11.6. The van der Waals surface area contributed by atoms with Gasteiger partial charge >= 0.3 is 6.03 Å². The molecule has 2 fully saturated rings. The Hall–Kier alpha value is -2.25. The third-order valence-electron chi connectivity index (χ3n) is 4.69. The van der Waals surface area contributed by atoms with Gasteiger partial charge in [0.15, 0.2) is 0 Å². The maximum Gasteiger partial charge on any atom is 0.322 e. The lowest BCUT2D eigenvalue weighted by Crippen LogP contribution is -2.54. The van der Waals surface area contributed by atoms with Gasteiger partial charge in [0.2, 0.25) is 0 Å². The van der Waals surface area contributed by atoms with E-state index >= 15 is 0 Å². The van der Waals surface area contributed by atoms with Gasteiger partial charge in [-0.15, -0.1) is 11.3 Å². The zero-order valence-electron chi connectivity index (χ0n) is 13.1. The van der Waals surface area contributed by atoms with Crippen LogP contribution in [0.15, 0.2) is 36.5 Å². The Morgan fingerprint density at radius 2 is 1.92 bits per heavy atom. The van der Waals surface area contributed by atoms with Gasteiger partial charge in [-0.25, -0.2) is 9.78 Å². The lowest BCUT2D eigenvalue weighted by atomic mass is 9.88. The van der Waals surface area contributed by atoms with Crippen molar-refractivity contribution in [3.05, 3.63) is 41.5 Å². The topological polar surface area (TPSA) is 74.3 Å². The molecule has 2 aliphatic rings. The van der Waals surface area contributed by atoms with Crippen molar-refractivity contribution in [3.8, 4) is 10.4 Å². The van der Waals surface area contributed by atoms with E-state index in [2.05, 4.69) is 32.7 Å². The zero-order chi connectivity index (χ0) is 16.6. The molecule has 0 atom stereocenters. The van der Waals surface area contributed by atoms with Crippen molar-refractivity contribution in [2.24, 2.45) is 0 Å². The Labute approximate surface area is 143 Å². The van der Waals surface area contributed by atoms with Gasteiger partial charge in [0.05, 0.1) is 11.4 Å². The van der Waals surface area contributed by atoms with Gasteiger partial charge in [-0.05, 0) is 18.4 Å². The number of nitrogens with zero attached hydrogens (tertiary/aromatic N) is 2. The van der Waals surface area contributed by atoms with E-state index in [0.29, 0.717) is 12.8 Å². The van der Waals surface area contributed by atoms with Crippen LogP contribution >= 0.6 is 11.3 Å². The number of urea groups is 1. The Morgan fingerprint density at radius 3 is 2.58 bits per heavy atom. The Bertz CT molecular complexity index is 766. The zero-order valence-corrected chi connectivity index (χ0v) is 13.9. The Morgan fingerprint density at radius 1 is 1.17 bits per heavy atom. The molecule has 0 bridgehead atoms. The average molecular weight is 342 g/mol. The van der Waals surface area contributed by atoms with Crippen molar-refractivity contribution in [1.29, 1.82) is 0 Å². The summed E-state index contributed by atoms with van der Waals surface area (Å²) < 4.78 is 0. The van der Waals surface area contributed by atoms with Gasteiger partial charge in [0.25, 0.3) is 5.91 Å². The Balaban J connectivity index is 1.39. The molecule has 24 heavy (non-hydrogen) atoms. The number of carbonyl (C=O) groups is 2. The van der Waals surface area contributed by atoms with Crippen LogP contribution in [0.3, 0.4) is 0 Å². The number of hydrogen-bond acceptors (Lipinski definition) is 5. The molecule has 1 aromatic heterocycles. The van der Waals surface area contributed by atoms with Crippen LogP contribution in [0.1, 0.15) is 17.8 Å². The monoisotopic (exact) mass is 342 g/mol. The number of thiazole rings is 1. The van der Waals surface area contributed by atoms with Crippen LogP contribution in [0, 0.1) is 0 Å². The minimum Gasteiger partial charge on any atom is -0.323 e. The molecule has 4 rings (SSSR count). The molecule has 3 heterocycles. The van der Waals surface area contributed by atoms with Crippen molar-refractivity contribution in [3.63, 3.8) is 0 Å². The first-order valence-corrected chi connectivity index (χ1v) is 8.82. The average Bonchev–Trinajstić information content (AvgIpc) is 3.16. The number of rotatable bonds is 3. The second-order valence-corrected chi connectivity index (χ2v) is 7.37. The number of nitrogens with one attached hydrogen (secondary N) is 2. The predicted octanol–water partition coefficient (Wildman–Crippen LogP) is 1.98. The Kier molecular flexibility index (Phi) is 3.82. The fourth-order valence-corrected chi connectivity index (χ4v) is 4.25. The fraction of sp³-hybridized carbons (Fsp3) is 0.353. The van der Waals surface area contributed by atoms with Gasteiger partial charge in [0.1, 0.15) is 10.5 Å². The van der Waals surface area contributed by atoms with Crippen molar-refractivity contribution in [2.45, 2.75) is 24.9 Å². The quantitative estimate of drug-likeness (QED) is 0.837. The standard InChI is InChI=1S/C17H18N4O2S/c22-15-17(20-16(23)19-15)6-8-21(9-7-17)11-14-18-10-13(24-14)12-4-2-1-3-5-12/h1-5,10H,6-9,11H2,(H2,19,20,22,23). The normalized spacial score (nSPS) is 20.2. The number of piperidine rings is 1. The predicted molar refractivity (Wildman–Crippen MR) is 91.5 cm³/mol. The van der Waals surface area contributed by atoms with Gasteiger partial charge < -0.3 is 5.32 Å². The molecule has 7 heteroatoms. The smallest absolute Gasteiger partial charge is 0.322 e. The number of hydrogen-bond donors (Lipinski definition) is 2. The largest absolute Gasteiger partial charge is 0.323 e. The summed E-state index contributed by atoms with van der Waals surface area (Å²) in [7, 11) is 0. The van der Waals surface area contributed by atoms with Crippen LogP contribution in [-0.4, -0.2) is 40.5 Å². The molecule has 6 nitrogen and oxygen atoms in total. The summed E-state index contributed by atoms with van der Waals surface area (Å²) in [6.45, 7) is 2.32. The van der Waals surface area contributed by atoms with Crippen LogP contribution in [0.25, 0.3) is 10.4 Å². The summed E-state index contributed by atoms with van der Waals surface area (Å²) in [5.41, 5.74) is 0.482. The second kappa shape index (κ2) is 5.99. The maximum atomic E-state index is 12.0. The first kappa shape index (κ1) is 15.3. The van der Waals surface area contributed by atoms with Crippen molar-refractivity contribution in [2.75, 3.05) is 13.1 Å². The van der Waals surface area contributed by atoms with Crippen LogP contribution in [0.4, 0.5) is 4.79 Å². The molecule has 0 aliphatic carbocycles. The van der Waals surface area contributed by atoms with Crippen molar-refractivity contribution < 1.29 is 9.59 Å². The summed E-state index contributed by atoms with van der Waals surface area (Å²) in [6.07, 6.45) is 3.20. The van der Waals surface area contributed by atoms with Gasteiger partial charge in [0, 0.05) is 19.3 Å². The highest BCUT2D eigenvalue weighted by atomic mass is 32.1. The summed E-state index contributed by atoms with van der Waals surface area (Å²) >= 11 is 1.70. The summed E-state index contributed by atoms with van der Waals surface area (Å²) in [4.78, 5) is 31.3. The molecule has 2 aliphatic heterocycles. The fourth-order valence-electron chi connectivity index (χ4n) is 3.28. The highest BCUT2D eigenvalue weighted by molar-refractivity contribution is 7.15. The number of imide groups is 1. The number of benzene rings is 1. The molecule has 1 spiro atoms. The summed E-state index contributed by atoms with van der Waals surface area (Å²) in [6, 6.07) is 9.86. The van der Waals surface area contributed by atoms with E-state index in [-0.39, 0.29) is 11.9 Å². The van der Waals surface area contributed by atoms with E-state index in [0.717, 1.165) is 24.6 Å². The van der Waals surface area contributed by atoms with Crippen LogP contribution in [-0.2, 0) is 11.3 Å². The summed E-state index contributed by atoms with van der Waals surface area (Å²) in [5, 5.41) is 6.21. The molecule has 0 saturated carbocycles. The molecule has 124 valence electrons. The molecule has 2 aromatic rings. The highest BCUT2D eigenvalue weighted by Gasteiger charge is 2.47. The molecule has 3 amide bonds. The lowest BCUT2D eigenvalue weighted by molar-refractivity contribution is -0.125. The number of amides is 3. The third-order valence-corrected chi connectivity index (χ3v) is 5.73. The molecule has 2 N–H and O–H groups in total. The number of aromatic nitrogens is 1. The highest BCUT2D eigenvalue weighted by Crippen LogP contribution is 2.29. The maximum absolute atomic E-state index is 12.0. The van der Waals surface area contributed by atoms with Crippen LogP contribution in [0.2, 0.25) is 0 Å². The van der Waals surface area contributed by atoms with Crippen LogP contribution < -0.4 is 10.6 Å². The van der Waals surface area contributed by atoms with Gasteiger partial charge in [-0.2, -0.15) is 0 Å². The van der Waals surface area contributed by atoms with E-state index < -0.39 is 5.54 Å². The third kappa shape index (κ3) is 2.81. The van der Waals surface area contributed by atoms with E-state index in [1.165, 1.54) is 10.4 Å². The van der Waals surface area contributed by atoms with Crippen LogP contribution in [0.5, 0.6) is 0 Å².